The van der Waals surface area contributed by atoms with Gasteiger partial charge < -0.3 is 10.0 Å². The van der Waals surface area contributed by atoms with Crippen molar-refractivity contribution in [2.24, 2.45) is 0 Å². The van der Waals surface area contributed by atoms with E-state index in [0.717, 1.165) is 18.5 Å². The van der Waals surface area contributed by atoms with Crippen LogP contribution >= 0.6 is 0 Å². The van der Waals surface area contributed by atoms with Gasteiger partial charge in [-0.15, -0.1) is 0 Å². The van der Waals surface area contributed by atoms with E-state index in [1.165, 1.54) is 0 Å². The van der Waals surface area contributed by atoms with Crippen molar-refractivity contribution in [1.29, 1.82) is 5.26 Å². The largest absolute Gasteiger partial charge is 0.480 e. The highest BCUT2D eigenvalue weighted by molar-refractivity contribution is 5.78. The van der Waals surface area contributed by atoms with Crippen LogP contribution in [-0.4, -0.2) is 23.7 Å². The standard InChI is InChI=1S/C15H20N2O2/c1-2-3-10-14(15(18)19)17(12-7-11-16)13-8-5-4-6-9-13/h4-6,8-9,14H,2-3,7,10,12H2,1H3,(H,18,19). The number of nitrogens with zero attached hydrogens (tertiary/aromatic N) is 2. The first-order valence-corrected chi connectivity index (χ1v) is 6.62. The molecule has 0 aliphatic rings. The molecule has 1 unspecified atom stereocenters. The van der Waals surface area contributed by atoms with Gasteiger partial charge in [-0.1, -0.05) is 38.0 Å². The Morgan fingerprint density at radius 2 is 2.11 bits per heavy atom. The maximum Gasteiger partial charge on any atom is 0.326 e. The number of carboxylic acids is 1. The smallest absolute Gasteiger partial charge is 0.326 e. The summed E-state index contributed by atoms with van der Waals surface area (Å²) in [5, 5.41) is 18.1. The monoisotopic (exact) mass is 260 g/mol. The Morgan fingerprint density at radius 3 is 2.63 bits per heavy atom. The van der Waals surface area contributed by atoms with Crippen LogP contribution in [0.3, 0.4) is 0 Å². The number of carboxylic acid groups (broad SMARTS) is 1. The summed E-state index contributed by atoms with van der Waals surface area (Å²) in [5.74, 6) is -0.824. The molecule has 0 spiro atoms. The number of anilines is 1. The molecule has 4 nitrogen and oxygen atoms in total. The zero-order chi connectivity index (χ0) is 14.1. The lowest BCUT2D eigenvalue weighted by Gasteiger charge is -2.30. The molecule has 0 aliphatic carbocycles. The third-order valence-electron chi connectivity index (χ3n) is 3.04. The summed E-state index contributed by atoms with van der Waals surface area (Å²) in [5.41, 5.74) is 0.862. The second-order valence-electron chi connectivity index (χ2n) is 4.43. The van der Waals surface area contributed by atoms with Gasteiger partial charge in [0.25, 0.3) is 0 Å². The minimum absolute atomic E-state index is 0.324. The zero-order valence-electron chi connectivity index (χ0n) is 11.2. The second kappa shape index (κ2) is 8.15. The van der Waals surface area contributed by atoms with Crippen LogP contribution < -0.4 is 4.90 Å². The van der Waals surface area contributed by atoms with E-state index in [-0.39, 0.29) is 0 Å². The number of hydrogen-bond acceptors (Lipinski definition) is 3. The van der Waals surface area contributed by atoms with Gasteiger partial charge in [0.1, 0.15) is 6.04 Å². The van der Waals surface area contributed by atoms with Gasteiger partial charge in [0.2, 0.25) is 0 Å². The molecule has 102 valence electrons. The molecule has 1 aromatic rings. The molecule has 19 heavy (non-hydrogen) atoms. The second-order valence-corrected chi connectivity index (χ2v) is 4.43. The highest BCUT2D eigenvalue weighted by Gasteiger charge is 2.24. The molecule has 1 atom stereocenters. The van der Waals surface area contributed by atoms with Crippen LogP contribution in [-0.2, 0) is 4.79 Å². The zero-order valence-corrected chi connectivity index (χ0v) is 11.2. The lowest BCUT2D eigenvalue weighted by Crippen LogP contribution is -2.42. The number of nitriles is 1. The Balaban J connectivity index is 2.93. The van der Waals surface area contributed by atoms with Crippen LogP contribution in [0.4, 0.5) is 5.69 Å². The van der Waals surface area contributed by atoms with Crippen LogP contribution in [0.15, 0.2) is 30.3 Å². The molecule has 1 rings (SSSR count). The third kappa shape index (κ3) is 4.63. The maximum atomic E-state index is 11.5. The first-order chi connectivity index (χ1) is 9.20. The van der Waals surface area contributed by atoms with Crippen molar-refractivity contribution in [3.05, 3.63) is 30.3 Å². The van der Waals surface area contributed by atoms with Crippen molar-refractivity contribution in [3.8, 4) is 6.07 Å². The Hall–Kier alpha value is -2.02. The lowest BCUT2D eigenvalue weighted by atomic mass is 10.1. The fourth-order valence-electron chi connectivity index (χ4n) is 2.06. The lowest BCUT2D eigenvalue weighted by molar-refractivity contribution is -0.138. The average molecular weight is 260 g/mol. The highest BCUT2D eigenvalue weighted by Crippen LogP contribution is 2.20. The quantitative estimate of drug-likeness (QED) is 0.780. The number of unbranched alkanes of at least 4 members (excludes halogenated alkanes) is 1. The molecule has 0 heterocycles. The molecule has 0 fully saturated rings. The molecular formula is C15H20N2O2. The van der Waals surface area contributed by atoms with E-state index in [1.54, 1.807) is 0 Å². The number of benzene rings is 1. The number of hydrogen-bond donors (Lipinski definition) is 1. The van der Waals surface area contributed by atoms with Crippen molar-refractivity contribution < 1.29 is 9.90 Å². The van der Waals surface area contributed by atoms with Crippen molar-refractivity contribution in [3.63, 3.8) is 0 Å². The summed E-state index contributed by atoms with van der Waals surface area (Å²) in [6.45, 7) is 2.49. The van der Waals surface area contributed by atoms with Crippen LogP contribution in [0.5, 0.6) is 0 Å². The molecule has 4 heteroatoms. The van der Waals surface area contributed by atoms with Crippen LogP contribution in [0.25, 0.3) is 0 Å². The molecule has 1 N–H and O–H groups in total. The third-order valence-corrected chi connectivity index (χ3v) is 3.04. The number of carbonyl (C=O) groups is 1. The van der Waals surface area contributed by atoms with Gasteiger partial charge in [0.15, 0.2) is 0 Å². The first kappa shape index (κ1) is 15.0. The van der Waals surface area contributed by atoms with Gasteiger partial charge in [-0.2, -0.15) is 5.26 Å². The SMILES string of the molecule is CCCCC(C(=O)O)N(CCC#N)c1ccccc1. The highest BCUT2D eigenvalue weighted by atomic mass is 16.4. The molecule has 0 saturated carbocycles. The number of aliphatic carboxylic acids is 1. The molecule has 0 aromatic heterocycles. The molecule has 0 radical (unpaired) electrons. The average Bonchev–Trinajstić information content (AvgIpc) is 2.43. The van der Waals surface area contributed by atoms with Crippen molar-refractivity contribution in [2.45, 2.75) is 38.6 Å². The predicted octanol–water partition coefficient (Wildman–Crippen LogP) is 3.05. The van der Waals surface area contributed by atoms with E-state index in [4.69, 9.17) is 5.26 Å². The molecule has 0 bridgehead atoms. The molecule has 0 saturated heterocycles. The fraction of sp³-hybridized carbons (Fsp3) is 0.467. The Bertz CT molecular complexity index is 426. The van der Waals surface area contributed by atoms with E-state index in [2.05, 4.69) is 6.07 Å². The summed E-state index contributed by atoms with van der Waals surface area (Å²) < 4.78 is 0. The Labute approximate surface area is 114 Å². The summed E-state index contributed by atoms with van der Waals surface area (Å²) in [6, 6.07) is 11.0. The van der Waals surface area contributed by atoms with Gasteiger partial charge in [-0.05, 0) is 18.6 Å². The summed E-state index contributed by atoms with van der Waals surface area (Å²) in [6.07, 6.45) is 2.76. The molecule has 0 aliphatic heterocycles. The van der Waals surface area contributed by atoms with Crippen molar-refractivity contribution in [2.75, 3.05) is 11.4 Å². The first-order valence-electron chi connectivity index (χ1n) is 6.62. The predicted molar refractivity (Wildman–Crippen MR) is 75.0 cm³/mol. The Morgan fingerprint density at radius 1 is 1.42 bits per heavy atom. The van der Waals surface area contributed by atoms with Gasteiger partial charge >= 0.3 is 5.97 Å². The Kier molecular flexibility index (Phi) is 6.45. The van der Waals surface area contributed by atoms with E-state index in [9.17, 15) is 9.90 Å². The van der Waals surface area contributed by atoms with Gasteiger partial charge in [-0.25, -0.2) is 4.79 Å². The molecule has 1 aromatic carbocycles. The van der Waals surface area contributed by atoms with Gasteiger partial charge in [0, 0.05) is 12.2 Å². The van der Waals surface area contributed by atoms with Crippen LogP contribution in [0.2, 0.25) is 0 Å². The number of para-hydroxylation sites is 1. The van der Waals surface area contributed by atoms with Crippen LogP contribution in [0.1, 0.15) is 32.6 Å². The van der Waals surface area contributed by atoms with E-state index in [0.29, 0.717) is 19.4 Å². The topological polar surface area (TPSA) is 64.3 Å². The normalized spacial score (nSPS) is 11.6. The summed E-state index contributed by atoms with van der Waals surface area (Å²) >= 11 is 0. The maximum absolute atomic E-state index is 11.5. The minimum atomic E-state index is -0.824. The summed E-state index contributed by atoms with van der Waals surface area (Å²) in [4.78, 5) is 13.3. The minimum Gasteiger partial charge on any atom is -0.480 e. The van der Waals surface area contributed by atoms with E-state index < -0.39 is 12.0 Å². The van der Waals surface area contributed by atoms with E-state index >= 15 is 0 Å². The fourth-order valence-corrected chi connectivity index (χ4v) is 2.06. The van der Waals surface area contributed by atoms with Crippen molar-refractivity contribution in [1.82, 2.24) is 0 Å². The summed E-state index contributed by atoms with van der Waals surface area (Å²) in [7, 11) is 0. The van der Waals surface area contributed by atoms with Crippen LogP contribution in [0, 0.1) is 11.3 Å². The van der Waals surface area contributed by atoms with Crippen molar-refractivity contribution >= 4 is 11.7 Å². The number of rotatable bonds is 8. The van der Waals surface area contributed by atoms with Gasteiger partial charge in [0.05, 0.1) is 12.5 Å². The molecular weight excluding hydrogens is 240 g/mol. The molecule has 0 amide bonds. The van der Waals surface area contributed by atoms with Gasteiger partial charge in [-0.3, -0.25) is 0 Å². The van der Waals surface area contributed by atoms with E-state index in [1.807, 2.05) is 42.2 Å².